The molecule has 15 heavy (non-hydrogen) atoms. The highest BCUT2D eigenvalue weighted by atomic mass is 35.6. The molecule has 0 aromatic carbocycles. The summed E-state index contributed by atoms with van der Waals surface area (Å²) < 4.78 is -1.67. The maximum absolute atomic E-state index is 11.2. The van der Waals surface area contributed by atoms with Gasteiger partial charge >= 0.3 is 0 Å². The number of carbonyl (C=O) groups excluding carboxylic acids is 1. The molecule has 0 heterocycles. The first-order chi connectivity index (χ1) is 6.77. The fraction of sp³-hybridized carbons (Fsp3) is 0.500. The molecule has 0 fully saturated rings. The topological polar surface area (TPSA) is 41.1 Å². The zero-order valence-corrected chi connectivity index (χ0v) is 11.3. The molecule has 1 unspecified atom stereocenters. The van der Waals surface area contributed by atoms with Gasteiger partial charge in [0.1, 0.15) is 6.17 Å². The van der Waals surface area contributed by atoms with Crippen molar-refractivity contribution in [2.45, 2.75) is 23.8 Å². The van der Waals surface area contributed by atoms with Gasteiger partial charge in [0.05, 0.1) is 4.99 Å². The van der Waals surface area contributed by atoms with E-state index in [1.165, 1.54) is 6.08 Å². The molecule has 0 spiro atoms. The third-order valence-corrected chi connectivity index (χ3v) is 2.05. The van der Waals surface area contributed by atoms with E-state index in [4.69, 9.17) is 47.0 Å². The van der Waals surface area contributed by atoms with Crippen molar-refractivity contribution in [3.8, 4) is 0 Å². The van der Waals surface area contributed by atoms with Crippen molar-refractivity contribution in [2.75, 3.05) is 0 Å². The van der Waals surface area contributed by atoms with Gasteiger partial charge in [0.2, 0.25) is 9.70 Å². The molecule has 0 radical (unpaired) electrons. The molecule has 0 saturated heterocycles. The largest absolute Gasteiger partial charge is 0.357 e. The highest BCUT2D eigenvalue weighted by Gasteiger charge is 2.33. The van der Waals surface area contributed by atoms with E-state index in [1.807, 2.05) is 0 Å². The van der Waals surface area contributed by atoms with Gasteiger partial charge in [-0.25, -0.2) is 0 Å². The van der Waals surface area contributed by atoms with Crippen LogP contribution in [-0.4, -0.2) is 20.9 Å². The van der Waals surface area contributed by atoms with Crippen LogP contribution in [0.4, 0.5) is 0 Å². The van der Waals surface area contributed by atoms with E-state index in [0.717, 1.165) is 0 Å². The van der Waals surface area contributed by atoms with Crippen LogP contribution in [0.15, 0.2) is 12.2 Å². The van der Waals surface area contributed by atoms with Crippen molar-refractivity contribution in [3.05, 3.63) is 12.2 Å². The Hall–Kier alpha value is -0.0300. The van der Waals surface area contributed by atoms with Crippen molar-refractivity contribution in [3.63, 3.8) is 0 Å². The van der Waals surface area contributed by atoms with Crippen LogP contribution in [-0.2, 0) is 4.79 Å². The van der Waals surface area contributed by atoms with E-state index in [1.54, 1.807) is 19.9 Å². The van der Waals surface area contributed by atoms with Crippen LogP contribution in [0.25, 0.3) is 0 Å². The van der Waals surface area contributed by atoms with E-state index in [9.17, 15) is 4.79 Å². The van der Waals surface area contributed by atoms with Gasteiger partial charge in [-0.2, -0.15) is 0 Å². The first kappa shape index (κ1) is 15.0. The molecular formula is C8H11Cl3N2OS. The van der Waals surface area contributed by atoms with Gasteiger partial charge in [-0.3, -0.25) is 4.79 Å². The number of allylic oxidation sites excluding steroid dienone is 1. The summed E-state index contributed by atoms with van der Waals surface area (Å²) in [4.78, 5) is 11.6. The van der Waals surface area contributed by atoms with E-state index >= 15 is 0 Å². The minimum Gasteiger partial charge on any atom is -0.357 e. The molecule has 0 aliphatic heterocycles. The Morgan fingerprint density at radius 1 is 1.40 bits per heavy atom. The second-order valence-corrected chi connectivity index (χ2v) is 5.67. The summed E-state index contributed by atoms with van der Waals surface area (Å²) in [5.74, 6) is -0.363. The van der Waals surface area contributed by atoms with Crippen LogP contribution in [0.1, 0.15) is 13.8 Å². The van der Waals surface area contributed by atoms with E-state index in [0.29, 0.717) is 4.99 Å². The van der Waals surface area contributed by atoms with Crippen molar-refractivity contribution in [1.29, 1.82) is 0 Å². The van der Waals surface area contributed by atoms with Gasteiger partial charge in [-0.05, 0) is 19.9 Å². The first-order valence-electron chi connectivity index (χ1n) is 4.04. The highest BCUT2D eigenvalue weighted by Crippen LogP contribution is 2.29. The highest BCUT2D eigenvalue weighted by molar-refractivity contribution is 7.80. The molecule has 86 valence electrons. The Morgan fingerprint density at radius 3 is 2.27 bits per heavy atom. The molecule has 2 N–H and O–H groups in total. The second kappa shape index (κ2) is 6.53. The average molecular weight is 290 g/mol. The summed E-state index contributed by atoms with van der Waals surface area (Å²) in [6.07, 6.45) is 2.04. The summed E-state index contributed by atoms with van der Waals surface area (Å²) in [7, 11) is 0. The van der Waals surface area contributed by atoms with Crippen LogP contribution >= 0.6 is 47.0 Å². The predicted molar refractivity (Wildman–Crippen MR) is 68.4 cm³/mol. The van der Waals surface area contributed by atoms with Gasteiger partial charge in [-0.1, -0.05) is 53.1 Å². The number of halogens is 3. The van der Waals surface area contributed by atoms with E-state index in [-0.39, 0.29) is 5.91 Å². The van der Waals surface area contributed by atoms with Crippen molar-refractivity contribution in [1.82, 2.24) is 10.6 Å². The third kappa shape index (κ3) is 6.95. The number of carbonyl (C=O) groups is 1. The fourth-order valence-electron chi connectivity index (χ4n) is 0.745. The summed E-state index contributed by atoms with van der Waals surface area (Å²) in [6, 6.07) is 0. The molecule has 0 aromatic rings. The SMILES string of the molecule is C/C=C/C(=O)NC(NC(C)=S)C(Cl)(Cl)Cl. The summed E-state index contributed by atoms with van der Waals surface area (Å²) >= 11 is 21.8. The minimum absolute atomic E-state index is 0.363. The lowest BCUT2D eigenvalue weighted by molar-refractivity contribution is -0.117. The number of alkyl halides is 3. The third-order valence-electron chi connectivity index (χ3n) is 1.28. The lowest BCUT2D eigenvalue weighted by atomic mass is 10.4. The second-order valence-electron chi connectivity index (χ2n) is 2.68. The fourth-order valence-corrected chi connectivity index (χ4v) is 1.19. The number of amides is 1. The Bertz CT molecular complexity index is 276. The maximum atomic E-state index is 11.2. The molecule has 1 atom stereocenters. The van der Waals surface area contributed by atoms with Gasteiger partial charge in [0, 0.05) is 0 Å². The maximum Gasteiger partial charge on any atom is 0.245 e. The molecule has 7 heteroatoms. The van der Waals surface area contributed by atoms with Gasteiger partial charge in [-0.15, -0.1) is 0 Å². The molecule has 3 nitrogen and oxygen atoms in total. The summed E-state index contributed by atoms with van der Waals surface area (Å²) in [6.45, 7) is 3.34. The summed E-state index contributed by atoms with van der Waals surface area (Å²) in [5.41, 5.74) is 0. The monoisotopic (exact) mass is 288 g/mol. The van der Waals surface area contributed by atoms with Gasteiger partial charge in [0.25, 0.3) is 0 Å². The molecule has 0 aromatic heterocycles. The standard InChI is InChI=1S/C8H11Cl3N2OS/c1-3-4-6(14)13-7(8(9,10)11)12-5(2)15/h3-4,7H,1-2H3,(H,12,15)(H,13,14)/b4-3+. The van der Waals surface area contributed by atoms with Crippen LogP contribution < -0.4 is 10.6 Å². The Kier molecular flexibility index (Phi) is 6.52. The van der Waals surface area contributed by atoms with Crippen molar-refractivity contribution in [2.24, 2.45) is 0 Å². The smallest absolute Gasteiger partial charge is 0.245 e. The van der Waals surface area contributed by atoms with Crippen molar-refractivity contribution < 1.29 is 4.79 Å². The number of nitrogens with one attached hydrogen (secondary N) is 2. The Morgan fingerprint density at radius 2 is 1.93 bits per heavy atom. The molecule has 0 bridgehead atoms. The van der Waals surface area contributed by atoms with Crippen LogP contribution in [0, 0.1) is 0 Å². The normalized spacial score (nSPS) is 13.7. The number of rotatable bonds is 3. The van der Waals surface area contributed by atoms with Crippen LogP contribution in [0.5, 0.6) is 0 Å². The number of hydrogen-bond donors (Lipinski definition) is 2. The lowest BCUT2D eigenvalue weighted by Crippen LogP contribution is -2.54. The lowest BCUT2D eigenvalue weighted by Gasteiger charge is -2.26. The number of hydrogen-bond acceptors (Lipinski definition) is 2. The minimum atomic E-state index is -1.67. The quantitative estimate of drug-likeness (QED) is 0.363. The van der Waals surface area contributed by atoms with Crippen molar-refractivity contribution >= 4 is 57.9 Å². The van der Waals surface area contributed by atoms with Gasteiger partial charge in [0.15, 0.2) is 0 Å². The molecular weight excluding hydrogens is 279 g/mol. The average Bonchev–Trinajstić information content (AvgIpc) is 2.00. The molecule has 0 rings (SSSR count). The van der Waals surface area contributed by atoms with Crippen LogP contribution in [0.2, 0.25) is 0 Å². The van der Waals surface area contributed by atoms with E-state index < -0.39 is 9.96 Å². The molecule has 0 saturated carbocycles. The number of thiocarbonyl (C=S) groups is 1. The van der Waals surface area contributed by atoms with E-state index in [2.05, 4.69) is 10.6 Å². The Balaban J connectivity index is 4.52. The molecule has 0 aliphatic carbocycles. The Labute approximate surface area is 109 Å². The zero-order chi connectivity index (χ0) is 12.1. The zero-order valence-electron chi connectivity index (χ0n) is 8.18. The summed E-state index contributed by atoms with van der Waals surface area (Å²) in [5, 5.41) is 5.15. The molecule has 0 aliphatic rings. The van der Waals surface area contributed by atoms with Crippen LogP contribution in [0.3, 0.4) is 0 Å². The predicted octanol–water partition coefficient (Wildman–Crippen LogP) is 2.31. The molecule has 1 amide bonds. The van der Waals surface area contributed by atoms with Gasteiger partial charge < -0.3 is 10.6 Å². The first-order valence-corrected chi connectivity index (χ1v) is 5.58.